The lowest BCUT2D eigenvalue weighted by Gasteiger charge is -2.34. The van der Waals surface area contributed by atoms with E-state index in [0.29, 0.717) is 5.41 Å². The predicted molar refractivity (Wildman–Crippen MR) is 80.6 cm³/mol. The zero-order valence-electron chi connectivity index (χ0n) is 13.1. The van der Waals surface area contributed by atoms with Crippen molar-refractivity contribution in [2.45, 2.75) is 71.9 Å². The third-order valence-corrected chi connectivity index (χ3v) is 6.01. The van der Waals surface area contributed by atoms with E-state index in [2.05, 4.69) is 31.4 Å². The molecule has 2 saturated carbocycles. The van der Waals surface area contributed by atoms with Crippen molar-refractivity contribution in [3.8, 4) is 0 Å². The zero-order valence-corrected chi connectivity index (χ0v) is 13.1. The lowest BCUT2D eigenvalue weighted by molar-refractivity contribution is 0.0974. The SMILES string of the molecule is Cc1cc2c(n1CC1(C3CC3)CC1)CC(C)(C)CC2O. The Kier molecular flexibility index (Phi) is 2.53. The Bertz CT molecular complexity index is 546. The molecule has 0 saturated heterocycles. The van der Waals surface area contributed by atoms with E-state index in [1.54, 1.807) is 0 Å². The molecular formula is C18H27NO. The summed E-state index contributed by atoms with van der Waals surface area (Å²) in [5.74, 6) is 1.00. The highest BCUT2D eigenvalue weighted by Gasteiger charge is 2.54. The van der Waals surface area contributed by atoms with Gasteiger partial charge < -0.3 is 9.67 Å². The summed E-state index contributed by atoms with van der Waals surface area (Å²) in [5, 5.41) is 10.5. The number of rotatable bonds is 3. The third kappa shape index (κ3) is 1.95. The van der Waals surface area contributed by atoms with Crippen molar-refractivity contribution < 1.29 is 5.11 Å². The van der Waals surface area contributed by atoms with Crippen molar-refractivity contribution in [2.75, 3.05) is 0 Å². The van der Waals surface area contributed by atoms with Gasteiger partial charge in [-0.2, -0.15) is 0 Å². The molecule has 1 N–H and O–H groups in total. The minimum Gasteiger partial charge on any atom is -0.388 e. The molecule has 0 aromatic carbocycles. The summed E-state index contributed by atoms with van der Waals surface area (Å²) < 4.78 is 2.56. The van der Waals surface area contributed by atoms with E-state index in [9.17, 15) is 5.11 Å². The van der Waals surface area contributed by atoms with Gasteiger partial charge in [-0.3, -0.25) is 0 Å². The van der Waals surface area contributed by atoms with Crippen LogP contribution in [0.4, 0.5) is 0 Å². The standard InChI is InChI=1S/C18H27NO/c1-12-8-14-15(9-17(2,3)10-16(14)20)19(12)11-18(6-7-18)13-4-5-13/h8,13,16,20H,4-7,9-11H2,1-3H3. The second kappa shape index (κ2) is 3.91. The second-order valence-corrected chi connectivity index (χ2v) is 8.47. The molecule has 2 fully saturated rings. The highest BCUT2D eigenvalue weighted by atomic mass is 16.3. The van der Waals surface area contributed by atoms with Crippen LogP contribution in [0.25, 0.3) is 0 Å². The Morgan fingerprint density at radius 3 is 2.60 bits per heavy atom. The van der Waals surface area contributed by atoms with Crippen molar-refractivity contribution in [1.29, 1.82) is 0 Å². The third-order valence-electron chi connectivity index (χ3n) is 6.01. The molecule has 0 amide bonds. The lowest BCUT2D eigenvalue weighted by Crippen LogP contribution is -2.28. The first-order valence-corrected chi connectivity index (χ1v) is 8.27. The lowest BCUT2D eigenvalue weighted by atomic mass is 9.75. The number of hydrogen-bond acceptors (Lipinski definition) is 1. The van der Waals surface area contributed by atoms with Crippen LogP contribution in [0, 0.1) is 23.7 Å². The van der Waals surface area contributed by atoms with E-state index in [4.69, 9.17) is 0 Å². The van der Waals surface area contributed by atoms with Gasteiger partial charge in [-0.15, -0.1) is 0 Å². The van der Waals surface area contributed by atoms with E-state index < -0.39 is 0 Å². The van der Waals surface area contributed by atoms with Gasteiger partial charge in [0.1, 0.15) is 0 Å². The maximum atomic E-state index is 10.5. The van der Waals surface area contributed by atoms with Gasteiger partial charge in [-0.05, 0) is 68.3 Å². The molecule has 3 aliphatic rings. The number of fused-ring (bicyclic) bond motifs is 1. The molecule has 110 valence electrons. The molecule has 4 rings (SSSR count). The minimum absolute atomic E-state index is 0.227. The second-order valence-electron chi connectivity index (χ2n) is 8.47. The van der Waals surface area contributed by atoms with Gasteiger partial charge in [-0.1, -0.05) is 13.8 Å². The topological polar surface area (TPSA) is 25.2 Å². The van der Waals surface area contributed by atoms with Crippen molar-refractivity contribution in [2.24, 2.45) is 16.7 Å². The van der Waals surface area contributed by atoms with Crippen LogP contribution in [0.15, 0.2) is 6.07 Å². The van der Waals surface area contributed by atoms with E-state index in [0.717, 1.165) is 18.8 Å². The summed E-state index contributed by atoms with van der Waals surface area (Å²) in [5.41, 5.74) is 4.86. The van der Waals surface area contributed by atoms with Crippen LogP contribution in [-0.2, 0) is 13.0 Å². The summed E-state index contributed by atoms with van der Waals surface area (Å²) in [6, 6.07) is 2.25. The van der Waals surface area contributed by atoms with Crippen molar-refractivity contribution in [1.82, 2.24) is 4.57 Å². The average Bonchev–Trinajstić information content (AvgIpc) is 3.21. The Labute approximate surface area is 122 Å². The molecule has 0 aliphatic heterocycles. The summed E-state index contributed by atoms with van der Waals surface area (Å²) in [4.78, 5) is 0. The van der Waals surface area contributed by atoms with Gasteiger partial charge in [-0.25, -0.2) is 0 Å². The van der Waals surface area contributed by atoms with Crippen LogP contribution in [0.2, 0.25) is 0 Å². The Morgan fingerprint density at radius 1 is 1.30 bits per heavy atom. The van der Waals surface area contributed by atoms with E-state index in [1.807, 2.05) is 0 Å². The summed E-state index contributed by atoms with van der Waals surface area (Å²) in [7, 11) is 0. The van der Waals surface area contributed by atoms with Crippen LogP contribution in [0.3, 0.4) is 0 Å². The van der Waals surface area contributed by atoms with Gasteiger partial charge in [0.2, 0.25) is 0 Å². The highest BCUT2D eigenvalue weighted by molar-refractivity contribution is 5.33. The van der Waals surface area contributed by atoms with Crippen molar-refractivity contribution in [3.05, 3.63) is 23.0 Å². The van der Waals surface area contributed by atoms with Crippen LogP contribution in [0.5, 0.6) is 0 Å². The number of aliphatic hydroxyl groups is 1. The molecule has 1 unspecified atom stereocenters. The fraction of sp³-hybridized carbons (Fsp3) is 0.778. The fourth-order valence-electron chi connectivity index (χ4n) is 4.49. The van der Waals surface area contributed by atoms with Crippen LogP contribution in [0.1, 0.15) is 69.0 Å². The fourth-order valence-corrected chi connectivity index (χ4v) is 4.49. The first-order valence-electron chi connectivity index (χ1n) is 8.27. The molecule has 1 heterocycles. The Morgan fingerprint density at radius 2 is 2.00 bits per heavy atom. The molecule has 2 nitrogen and oxygen atoms in total. The molecule has 0 radical (unpaired) electrons. The molecule has 0 bridgehead atoms. The van der Waals surface area contributed by atoms with Gasteiger partial charge in [0.15, 0.2) is 0 Å². The van der Waals surface area contributed by atoms with Gasteiger partial charge in [0, 0.05) is 23.5 Å². The number of aromatic nitrogens is 1. The quantitative estimate of drug-likeness (QED) is 0.885. The summed E-state index contributed by atoms with van der Waals surface area (Å²) >= 11 is 0. The van der Waals surface area contributed by atoms with Crippen molar-refractivity contribution in [3.63, 3.8) is 0 Å². The Hall–Kier alpha value is -0.760. The van der Waals surface area contributed by atoms with Gasteiger partial charge in [0.05, 0.1) is 6.10 Å². The number of aryl methyl sites for hydroxylation is 1. The van der Waals surface area contributed by atoms with Crippen LogP contribution in [-0.4, -0.2) is 9.67 Å². The number of aliphatic hydroxyl groups excluding tert-OH is 1. The molecule has 1 aromatic heterocycles. The normalized spacial score (nSPS) is 30.1. The Balaban J connectivity index is 1.70. The first-order chi connectivity index (χ1) is 9.40. The zero-order chi connectivity index (χ0) is 14.1. The van der Waals surface area contributed by atoms with Crippen LogP contribution >= 0.6 is 0 Å². The predicted octanol–water partition coefficient (Wildman–Crippen LogP) is 3.99. The van der Waals surface area contributed by atoms with Gasteiger partial charge in [0.25, 0.3) is 0 Å². The van der Waals surface area contributed by atoms with E-state index >= 15 is 0 Å². The number of nitrogens with zero attached hydrogens (tertiary/aromatic N) is 1. The molecule has 1 atom stereocenters. The summed E-state index contributed by atoms with van der Waals surface area (Å²) in [6.07, 6.45) is 7.52. The largest absolute Gasteiger partial charge is 0.388 e. The molecule has 3 aliphatic carbocycles. The minimum atomic E-state index is -0.259. The molecule has 20 heavy (non-hydrogen) atoms. The smallest absolute Gasteiger partial charge is 0.0812 e. The summed E-state index contributed by atoms with van der Waals surface area (Å²) in [6.45, 7) is 8.02. The average molecular weight is 273 g/mol. The molecule has 0 spiro atoms. The van der Waals surface area contributed by atoms with Crippen LogP contribution < -0.4 is 0 Å². The molecular weight excluding hydrogens is 246 g/mol. The monoisotopic (exact) mass is 273 g/mol. The maximum Gasteiger partial charge on any atom is 0.0812 e. The van der Waals surface area contributed by atoms with E-state index in [-0.39, 0.29) is 11.5 Å². The van der Waals surface area contributed by atoms with Crippen molar-refractivity contribution >= 4 is 0 Å². The highest BCUT2D eigenvalue weighted by Crippen LogP contribution is 2.62. The maximum absolute atomic E-state index is 10.5. The first kappa shape index (κ1) is 12.9. The molecule has 1 aromatic rings. The molecule has 2 heteroatoms. The van der Waals surface area contributed by atoms with Gasteiger partial charge >= 0.3 is 0 Å². The number of hydrogen-bond donors (Lipinski definition) is 1. The van der Waals surface area contributed by atoms with E-state index in [1.165, 1.54) is 49.2 Å².